The number of benzene rings is 1. The molecular weight excluding hydrogens is 242 g/mol. The van der Waals surface area contributed by atoms with Crippen LogP contribution in [-0.2, 0) is 0 Å². The van der Waals surface area contributed by atoms with Crippen LogP contribution in [0, 0.1) is 17.8 Å². The second-order valence-corrected chi connectivity index (χ2v) is 6.34. The Bertz CT molecular complexity index is 376. The molecular formula is C16H24ClN. The van der Waals surface area contributed by atoms with E-state index in [1.807, 2.05) is 0 Å². The molecule has 4 atom stereocenters. The summed E-state index contributed by atoms with van der Waals surface area (Å²) in [5.41, 5.74) is 1.60. The van der Waals surface area contributed by atoms with Gasteiger partial charge in [0, 0.05) is 5.92 Å². The first-order chi connectivity index (χ1) is 8.25. The molecule has 0 unspecified atom stereocenters. The van der Waals surface area contributed by atoms with Crippen molar-refractivity contribution in [3.8, 4) is 0 Å². The molecule has 2 bridgehead atoms. The molecule has 1 N–H and O–H groups in total. The van der Waals surface area contributed by atoms with Crippen molar-refractivity contribution in [1.29, 1.82) is 0 Å². The summed E-state index contributed by atoms with van der Waals surface area (Å²) >= 11 is 0. The van der Waals surface area contributed by atoms with E-state index in [0.29, 0.717) is 0 Å². The fourth-order valence-corrected chi connectivity index (χ4v) is 4.37. The number of fused-ring (bicyclic) bond motifs is 2. The summed E-state index contributed by atoms with van der Waals surface area (Å²) in [5.74, 6) is 3.78. The number of halogens is 1. The molecule has 2 saturated carbocycles. The van der Waals surface area contributed by atoms with Crippen molar-refractivity contribution in [1.82, 2.24) is 0 Å². The average Bonchev–Trinajstić information content (AvgIpc) is 2.90. The Balaban J connectivity index is 0.00000120. The molecule has 18 heavy (non-hydrogen) atoms. The van der Waals surface area contributed by atoms with Gasteiger partial charge in [0.1, 0.15) is 0 Å². The monoisotopic (exact) mass is 265 g/mol. The number of quaternary nitrogens is 1. The highest BCUT2D eigenvalue weighted by Crippen LogP contribution is 2.56. The second-order valence-electron chi connectivity index (χ2n) is 6.34. The topological polar surface area (TPSA) is 4.44 Å². The van der Waals surface area contributed by atoms with Crippen LogP contribution in [0.3, 0.4) is 0 Å². The van der Waals surface area contributed by atoms with E-state index in [2.05, 4.69) is 44.4 Å². The number of rotatable bonds is 3. The summed E-state index contributed by atoms with van der Waals surface area (Å²) in [6, 6.07) is 11.3. The van der Waals surface area contributed by atoms with E-state index in [-0.39, 0.29) is 12.4 Å². The van der Waals surface area contributed by atoms with Gasteiger partial charge in [-0.3, -0.25) is 0 Å². The average molecular weight is 266 g/mol. The first kappa shape index (κ1) is 13.9. The molecule has 1 aromatic rings. The van der Waals surface area contributed by atoms with Gasteiger partial charge in [0.15, 0.2) is 0 Å². The zero-order valence-corrected chi connectivity index (χ0v) is 12.2. The fraction of sp³-hybridized carbons (Fsp3) is 0.625. The molecule has 0 amide bonds. The van der Waals surface area contributed by atoms with Crippen LogP contribution in [0.1, 0.15) is 30.7 Å². The smallest absolute Gasteiger partial charge is 0.0804 e. The lowest BCUT2D eigenvalue weighted by molar-refractivity contribution is -0.862. The minimum Gasteiger partial charge on any atom is -1.00 e. The van der Waals surface area contributed by atoms with Crippen LogP contribution < -0.4 is 17.3 Å². The predicted octanol–water partition coefficient (Wildman–Crippen LogP) is -1.04. The lowest BCUT2D eigenvalue weighted by Gasteiger charge is -2.31. The first-order valence-electron chi connectivity index (χ1n) is 7.09. The zero-order chi connectivity index (χ0) is 11.8. The maximum atomic E-state index is 2.35. The van der Waals surface area contributed by atoms with Gasteiger partial charge in [-0.15, -0.1) is 0 Å². The van der Waals surface area contributed by atoms with Crippen molar-refractivity contribution in [2.75, 3.05) is 20.6 Å². The van der Waals surface area contributed by atoms with Crippen LogP contribution in [0.15, 0.2) is 30.3 Å². The number of hydrogen-bond donors (Lipinski definition) is 1. The number of hydrogen-bond acceptors (Lipinski definition) is 0. The van der Waals surface area contributed by atoms with Gasteiger partial charge in [-0.2, -0.15) is 0 Å². The Hall–Kier alpha value is -0.530. The molecule has 0 saturated heterocycles. The lowest BCUT2D eigenvalue weighted by atomic mass is 9.75. The van der Waals surface area contributed by atoms with Gasteiger partial charge >= 0.3 is 0 Å². The standard InChI is InChI=1S/C16H23N.ClH/c1-17(2)11-15-13-8-9-14(10-13)16(15)12-6-4-3-5-7-12;/h3-7,13-16H,8-11H2,1-2H3;1H/t13-,14+,15+,16+;/m1./s1. The summed E-state index contributed by atoms with van der Waals surface area (Å²) in [6.45, 7) is 1.35. The minimum absolute atomic E-state index is 0. The van der Waals surface area contributed by atoms with E-state index < -0.39 is 0 Å². The second kappa shape index (κ2) is 5.63. The highest BCUT2D eigenvalue weighted by Gasteiger charge is 2.48. The Morgan fingerprint density at radius 3 is 2.39 bits per heavy atom. The molecule has 0 heterocycles. The molecule has 3 rings (SSSR count). The molecule has 0 aliphatic heterocycles. The van der Waals surface area contributed by atoms with Crippen molar-refractivity contribution >= 4 is 0 Å². The Labute approximate surface area is 117 Å². The van der Waals surface area contributed by atoms with Crippen molar-refractivity contribution in [2.24, 2.45) is 17.8 Å². The van der Waals surface area contributed by atoms with Crippen LogP contribution in [0.4, 0.5) is 0 Å². The molecule has 100 valence electrons. The Morgan fingerprint density at radius 2 is 1.72 bits per heavy atom. The molecule has 2 heteroatoms. The first-order valence-corrected chi connectivity index (χ1v) is 7.09. The minimum atomic E-state index is 0. The molecule has 1 aromatic carbocycles. The molecule has 2 aliphatic carbocycles. The maximum Gasteiger partial charge on any atom is 0.0804 e. The van der Waals surface area contributed by atoms with E-state index in [0.717, 1.165) is 23.7 Å². The van der Waals surface area contributed by atoms with Crippen LogP contribution in [-0.4, -0.2) is 20.6 Å². The summed E-state index contributed by atoms with van der Waals surface area (Å²) < 4.78 is 0. The summed E-state index contributed by atoms with van der Waals surface area (Å²) in [7, 11) is 4.60. The van der Waals surface area contributed by atoms with Crippen LogP contribution in [0.5, 0.6) is 0 Å². The number of nitrogens with one attached hydrogen (secondary N) is 1. The molecule has 0 radical (unpaired) electrons. The summed E-state index contributed by atoms with van der Waals surface area (Å²) in [5, 5.41) is 0. The highest BCUT2D eigenvalue weighted by atomic mass is 35.5. The largest absolute Gasteiger partial charge is 1.00 e. The third-order valence-electron chi connectivity index (χ3n) is 4.92. The SMILES string of the molecule is C[NH+](C)C[C@H]1[C@@H]2CC[C@@H](C2)[C@@H]1c1ccccc1.[Cl-]. The molecule has 2 fully saturated rings. The predicted molar refractivity (Wildman–Crippen MR) is 71.2 cm³/mol. The van der Waals surface area contributed by atoms with Crippen LogP contribution >= 0.6 is 0 Å². The molecule has 1 nitrogen and oxygen atoms in total. The third-order valence-corrected chi connectivity index (χ3v) is 4.92. The quantitative estimate of drug-likeness (QED) is 0.713. The van der Waals surface area contributed by atoms with Gasteiger partial charge < -0.3 is 17.3 Å². The van der Waals surface area contributed by atoms with Gasteiger partial charge in [-0.1, -0.05) is 30.3 Å². The van der Waals surface area contributed by atoms with E-state index in [4.69, 9.17) is 0 Å². The Morgan fingerprint density at radius 1 is 1.06 bits per heavy atom. The lowest BCUT2D eigenvalue weighted by Crippen LogP contribution is -3.06. The van der Waals surface area contributed by atoms with Crippen molar-refractivity contribution in [3.05, 3.63) is 35.9 Å². The van der Waals surface area contributed by atoms with Crippen LogP contribution in [0.25, 0.3) is 0 Å². The van der Waals surface area contributed by atoms with Crippen molar-refractivity contribution in [3.63, 3.8) is 0 Å². The van der Waals surface area contributed by atoms with Crippen molar-refractivity contribution in [2.45, 2.75) is 25.2 Å². The molecule has 0 aromatic heterocycles. The van der Waals surface area contributed by atoms with Gasteiger partial charge in [-0.25, -0.2) is 0 Å². The van der Waals surface area contributed by atoms with E-state index in [1.165, 1.54) is 25.8 Å². The van der Waals surface area contributed by atoms with E-state index >= 15 is 0 Å². The van der Waals surface area contributed by atoms with Gasteiger partial charge in [-0.05, 0) is 42.6 Å². The summed E-state index contributed by atoms with van der Waals surface area (Å²) in [6.07, 6.45) is 4.47. The maximum absolute atomic E-state index is 2.35. The fourth-order valence-electron chi connectivity index (χ4n) is 4.37. The zero-order valence-electron chi connectivity index (χ0n) is 11.4. The normalized spacial score (nSPS) is 33.7. The highest BCUT2D eigenvalue weighted by molar-refractivity contribution is 5.24. The van der Waals surface area contributed by atoms with Crippen LogP contribution in [0.2, 0.25) is 0 Å². The van der Waals surface area contributed by atoms with E-state index in [1.54, 1.807) is 10.5 Å². The summed E-state index contributed by atoms with van der Waals surface area (Å²) in [4.78, 5) is 1.61. The van der Waals surface area contributed by atoms with Gasteiger partial charge in [0.05, 0.1) is 20.6 Å². The van der Waals surface area contributed by atoms with Gasteiger partial charge in [0.25, 0.3) is 0 Å². The Kier molecular flexibility index (Phi) is 4.34. The van der Waals surface area contributed by atoms with E-state index in [9.17, 15) is 0 Å². The van der Waals surface area contributed by atoms with Gasteiger partial charge in [0.2, 0.25) is 0 Å². The third kappa shape index (κ3) is 2.44. The molecule has 2 aliphatic rings. The molecule has 0 spiro atoms. The van der Waals surface area contributed by atoms with Crippen molar-refractivity contribution < 1.29 is 17.3 Å².